The van der Waals surface area contributed by atoms with Crippen LogP contribution < -0.4 is 5.43 Å². The van der Waals surface area contributed by atoms with Gasteiger partial charge in [-0.2, -0.15) is 10.2 Å². The number of hydrogen-bond donors (Lipinski definition) is 3. The van der Waals surface area contributed by atoms with Crippen molar-refractivity contribution in [3.8, 4) is 17.0 Å². The highest BCUT2D eigenvalue weighted by molar-refractivity contribution is 5.94. The Hall–Kier alpha value is -3.48. The van der Waals surface area contributed by atoms with Crippen molar-refractivity contribution in [2.24, 2.45) is 5.10 Å². The summed E-state index contributed by atoms with van der Waals surface area (Å²) in [5, 5.41) is 20.8. The van der Waals surface area contributed by atoms with Crippen LogP contribution in [0.1, 0.15) is 35.0 Å². The zero-order valence-electron chi connectivity index (χ0n) is 14.7. The fourth-order valence-corrected chi connectivity index (χ4v) is 2.61. The van der Waals surface area contributed by atoms with Gasteiger partial charge in [-0.05, 0) is 48.4 Å². The van der Waals surface area contributed by atoms with Gasteiger partial charge < -0.3 is 5.11 Å². The van der Waals surface area contributed by atoms with Crippen LogP contribution in [0.4, 0.5) is 4.39 Å². The molecule has 0 saturated heterocycles. The molecule has 1 aromatic heterocycles. The molecule has 138 valence electrons. The van der Waals surface area contributed by atoms with Crippen LogP contribution in [0.5, 0.6) is 5.75 Å². The molecule has 3 aromatic rings. The summed E-state index contributed by atoms with van der Waals surface area (Å²) in [5.41, 5.74) is 5.18. The topological polar surface area (TPSA) is 90.4 Å². The number of aryl methyl sites for hydroxylation is 1. The van der Waals surface area contributed by atoms with E-state index in [4.69, 9.17) is 0 Å². The highest BCUT2D eigenvalue weighted by Gasteiger charge is 2.11. The zero-order chi connectivity index (χ0) is 19.2. The minimum absolute atomic E-state index is 0.164. The Morgan fingerprint density at radius 3 is 2.81 bits per heavy atom. The van der Waals surface area contributed by atoms with Crippen LogP contribution in [-0.4, -0.2) is 27.4 Å². The fourth-order valence-electron chi connectivity index (χ4n) is 2.61. The molecule has 27 heavy (non-hydrogen) atoms. The summed E-state index contributed by atoms with van der Waals surface area (Å²) >= 11 is 0. The van der Waals surface area contributed by atoms with Gasteiger partial charge in [0.15, 0.2) is 0 Å². The molecule has 0 spiro atoms. The number of hydrazone groups is 1. The first-order valence-corrected chi connectivity index (χ1v) is 8.54. The van der Waals surface area contributed by atoms with E-state index >= 15 is 0 Å². The molecule has 2 aromatic carbocycles. The van der Waals surface area contributed by atoms with E-state index in [1.54, 1.807) is 24.3 Å². The summed E-state index contributed by atoms with van der Waals surface area (Å²) < 4.78 is 13.0. The molecule has 7 heteroatoms. The van der Waals surface area contributed by atoms with Crippen LogP contribution in [0, 0.1) is 5.82 Å². The number of nitrogens with zero attached hydrogens (tertiary/aromatic N) is 2. The smallest absolute Gasteiger partial charge is 0.289 e. The molecule has 0 fully saturated rings. The third kappa shape index (κ3) is 4.38. The quantitative estimate of drug-likeness (QED) is 0.459. The van der Waals surface area contributed by atoms with Crippen LogP contribution in [0.3, 0.4) is 0 Å². The van der Waals surface area contributed by atoms with E-state index < -0.39 is 5.91 Å². The second kappa shape index (κ2) is 8.27. The fraction of sp³-hybridized carbons (Fsp3) is 0.150. The molecule has 1 heterocycles. The number of rotatable bonds is 6. The predicted molar refractivity (Wildman–Crippen MR) is 101 cm³/mol. The lowest BCUT2D eigenvalue weighted by atomic mass is 10.1. The summed E-state index contributed by atoms with van der Waals surface area (Å²) in [6.45, 7) is 2.03. The SMILES string of the molecule is CCCc1cccc(C=NNC(=O)c2cc(-c3ccc(F)cc3)n[nH]2)c1O. The van der Waals surface area contributed by atoms with Crippen molar-refractivity contribution in [3.63, 3.8) is 0 Å². The molecule has 0 bridgehead atoms. The van der Waals surface area contributed by atoms with Gasteiger partial charge >= 0.3 is 0 Å². The second-order valence-electron chi connectivity index (χ2n) is 5.98. The van der Waals surface area contributed by atoms with E-state index in [0.717, 1.165) is 18.4 Å². The molecular weight excluding hydrogens is 347 g/mol. The second-order valence-corrected chi connectivity index (χ2v) is 5.98. The van der Waals surface area contributed by atoms with E-state index in [9.17, 15) is 14.3 Å². The Labute approximate surface area is 155 Å². The number of aromatic hydroxyl groups is 1. The molecule has 0 saturated carbocycles. The number of phenols is 1. The number of aromatic nitrogens is 2. The molecule has 0 atom stereocenters. The predicted octanol–water partition coefficient (Wildman–Crippen LogP) is 3.64. The molecule has 0 unspecified atom stereocenters. The van der Waals surface area contributed by atoms with Gasteiger partial charge in [0.25, 0.3) is 5.91 Å². The van der Waals surface area contributed by atoms with Gasteiger partial charge in [0, 0.05) is 11.1 Å². The summed E-state index contributed by atoms with van der Waals surface area (Å²) in [5.74, 6) is -0.651. The summed E-state index contributed by atoms with van der Waals surface area (Å²) in [6, 6.07) is 12.8. The maximum Gasteiger partial charge on any atom is 0.289 e. The lowest BCUT2D eigenvalue weighted by molar-refractivity contribution is 0.0950. The number of halogens is 1. The molecule has 6 nitrogen and oxygen atoms in total. The number of aromatic amines is 1. The average Bonchev–Trinajstić information content (AvgIpc) is 3.15. The summed E-state index contributed by atoms with van der Waals surface area (Å²) in [7, 11) is 0. The number of benzene rings is 2. The molecular formula is C20H19FN4O2. The number of carbonyl (C=O) groups excluding carboxylic acids is 1. The monoisotopic (exact) mass is 366 g/mol. The molecule has 0 aliphatic heterocycles. The Morgan fingerprint density at radius 1 is 1.30 bits per heavy atom. The Balaban J connectivity index is 1.67. The molecule has 1 amide bonds. The van der Waals surface area contributed by atoms with Crippen LogP contribution in [-0.2, 0) is 6.42 Å². The number of amides is 1. The van der Waals surface area contributed by atoms with Gasteiger partial charge in [0.2, 0.25) is 0 Å². The number of H-pyrrole nitrogens is 1. The third-order valence-corrected chi connectivity index (χ3v) is 4.00. The van der Waals surface area contributed by atoms with Gasteiger partial charge in [0.1, 0.15) is 17.3 Å². The lowest BCUT2D eigenvalue weighted by Crippen LogP contribution is -2.18. The van der Waals surface area contributed by atoms with Crippen molar-refractivity contribution in [1.29, 1.82) is 0 Å². The first kappa shape index (κ1) is 18.3. The number of para-hydroxylation sites is 1. The molecule has 3 rings (SSSR count). The summed E-state index contributed by atoms with van der Waals surface area (Å²) in [6.07, 6.45) is 3.07. The van der Waals surface area contributed by atoms with Crippen molar-refractivity contribution in [2.45, 2.75) is 19.8 Å². The highest BCUT2D eigenvalue weighted by atomic mass is 19.1. The van der Waals surface area contributed by atoms with Crippen molar-refractivity contribution >= 4 is 12.1 Å². The van der Waals surface area contributed by atoms with Crippen molar-refractivity contribution in [2.75, 3.05) is 0 Å². The minimum atomic E-state index is -0.476. The van der Waals surface area contributed by atoms with Crippen LogP contribution >= 0.6 is 0 Å². The normalized spacial score (nSPS) is 11.0. The van der Waals surface area contributed by atoms with E-state index in [1.165, 1.54) is 18.3 Å². The molecule has 3 N–H and O–H groups in total. The average molecular weight is 366 g/mol. The number of hydrogen-bond acceptors (Lipinski definition) is 4. The van der Waals surface area contributed by atoms with Crippen LogP contribution in [0.25, 0.3) is 11.3 Å². The lowest BCUT2D eigenvalue weighted by Gasteiger charge is -2.05. The minimum Gasteiger partial charge on any atom is -0.507 e. The Morgan fingerprint density at radius 2 is 2.07 bits per heavy atom. The first-order valence-electron chi connectivity index (χ1n) is 8.54. The van der Waals surface area contributed by atoms with Gasteiger partial charge in [0.05, 0.1) is 11.9 Å². The molecule has 0 aliphatic rings. The van der Waals surface area contributed by atoms with Crippen molar-refractivity contribution in [1.82, 2.24) is 15.6 Å². The Bertz CT molecular complexity index is 964. The maximum atomic E-state index is 13.0. The largest absolute Gasteiger partial charge is 0.507 e. The standard InChI is InChI=1S/C20H19FN4O2/c1-2-4-14-5-3-6-15(19(14)26)12-22-25-20(27)18-11-17(23-24-18)13-7-9-16(21)10-8-13/h3,5-12,26H,2,4H2,1H3,(H,23,24)(H,25,27). The highest BCUT2D eigenvalue weighted by Crippen LogP contribution is 2.22. The number of nitrogens with one attached hydrogen (secondary N) is 2. The van der Waals surface area contributed by atoms with Crippen molar-refractivity contribution < 1.29 is 14.3 Å². The van der Waals surface area contributed by atoms with Gasteiger partial charge in [-0.1, -0.05) is 25.5 Å². The van der Waals surface area contributed by atoms with Gasteiger partial charge in [-0.25, -0.2) is 9.82 Å². The third-order valence-electron chi connectivity index (χ3n) is 4.00. The maximum absolute atomic E-state index is 13.0. The molecule has 0 radical (unpaired) electrons. The summed E-state index contributed by atoms with van der Waals surface area (Å²) in [4.78, 5) is 12.2. The van der Waals surface area contributed by atoms with Crippen LogP contribution in [0.2, 0.25) is 0 Å². The van der Waals surface area contributed by atoms with Gasteiger partial charge in [-0.15, -0.1) is 0 Å². The van der Waals surface area contributed by atoms with Gasteiger partial charge in [-0.3, -0.25) is 9.89 Å². The Kier molecular flexibility index (Phi) is 5.61. The van der Waals surface area contributed by atoms with E-state index in [0.29, 0.717) is 16.8 Å². The van der Waals surface area contributed by atoms with E-state index in [-0.39, 0.29) is 17.3 Å². The van der Waals surface area contributed by atoms with Crippen LogP contribution in [0.15, 0.2) is 53.6 Å². The number of carbonyl (C=O) groups is 1. The van der Waals surface area contributed by atoms with E-state index in [1.807, 2.05) is 19.1 Å². The van der Waals surface area contributed by atoms with E-state index in [2.05, 4.69) is 20.7 Å². The van der Waals surface area contributed by atoms with Crippen molar-refractivity contribution in [3.05, 3.63) is 71.2 Å². The molecule has 0 aliphatic carbocycles. The first-order chi connectivity index (χ1) is 13.1. The zero-order valence-corrected chi connectivity index (χ0v) is 14.7. The number of phenolic OH excluding ortho intramolecular Hbond substituents is 1.